The molecule has 3 N–H and O–H groups in total. The second kappa shape index (κ2) is 10.3. The number of amides is 1. The quantitative estimate of drug-likeness (QED) is 0.522. The third-order valence-corrected chi connectivity index (χ3v) is 5.11. The van der Waals surface area contributed by atoms with Gasteiger partial charge in [-0.1, -0.05) is 30.7 Å². The number of thiocarbonyl (C=S) groups is 1. The molecule has 1 aliphatic heterocycles. The van der Waals surface area contributed by atoms with Crippen molar-refractivity contribution in [3.05, 3.63) is 64.9 Å². The van der Waals surface area contributed by atoms with Crippen molar-refractivity contribution >= 4 is 28.9 Å². The van der Waals surface area contributed by atoms with E-state index < -0.39 is 6.04 Å². The fourth-order valence-corrected chi connectivity index (χ4v) is 3.65. The Hall–Kier alpha value is -3.06. The van der Waals surface area contributed by atoms with Gasteiger partial charge in [0.2, 0.25) is 0 Å². The van der Waals surface area contributed by atoms with Crippen molar-refractivity contribution < 1.29 is 14.3 Å². The number of benzene rings is 2. The predicted molar refractivity (Wildman–Crippen MR) is 128 cm³/mol. The number of anilines is 1. The molecule has 31 heavy (non-hydrogen) atoms. The van der Waals surface area contributed by atoms with E-state index in [0.717, 1.165) is 23.2 Å². The first-order valence-corrected chi connectivity index (χ1v) is 10.9. The molecule has 1 heterocycles. The molecule has 0 saturated carbocycles. The van der Waals surface area contributed by atoms with Crippen LogP contribution in [0, 0.1) is 6.92 Å². The van der Waals surface area contributed by atoms with E-state index in [0.29, 0.717) is 41.1 Å². The maximum Gasteiger partial charge on any atom is 0.255 e. The summed E-state index contributed by atoms with van der Waals surface area (Å²) < 4.78 is 11.6. The molecule has 2 aromatic rings. The zero-order valence-corrected chi connectivity index (χ0v) is 19.2. The molecule has 1 amide bonds. The molecular formula is C24H29N3O3S. The second-order valence-electron chi connectivity index (χ2n) is 7.38. The van der Waals surface area contributed by atoms with E-state index in [9.17, 15) is 4.79 Å². The Balaban J connectivity index is 1.94. The van der Waals surface area contributed by atoms with Crippen molar-refractivity contribution in [2.75, 3.05) is 18.5 Å². The third kappa shape index (κ3) is 5.55. The highest BCUT2D eigenvalue weighted by molar-refractivity contribution is 7.80. The lowest BCUT2D eigenvalue weighted by molar-refractivity contribution is -0.113. The molecule has 6 nitrogen and oxygen atoms in total. The Labute approximate surface area is 189 Å². The summed E-state index contributed by atoms with van der Waals surface area (Å²) in [5, 5.41) is 9.75. The van der Waals surface area contributed by atoms with Gasteiger partial charge in [0.25, 0.3) is 5.91 Å². The van der Waals surface area contributed by atoms with Crippen molar-refractivity contribution in [2.24, 2.45) is 0 Å². The average Bonchev–Trinajstić information content (AvgIpc) is 2.74. The molecule has 2 aromatic carbocycles. The molecule has 164 valence electrons. The number of rotatable bonds is 8. The first-order chi connectivity index (χ1) is 14.9. The Morgan fingerprint density at radius 3 is 2.48 bits per heavy atom. The highest BCUT2D eigenvalue weighted by atomic mass is 32.1. The largest absolute Gasteiger partial charge is 0.490 e. The van der Waals surface area contributed by atoms with Gasteiger partial charge >= 0.3 is 0 Å². The number of nitrogens with one attached hydrogen (secondary N) is 3. The summed E-state index contributed by atoms with van der Waals surface area (Å²) in [6.07, 6.45) is 0.905. The Morgan fingerprint density at radius 1 is 1.06 bits per heavy atom. The zero-order chi connectivity index (χ0) is 22.4. The normalized spacial score (nSPS) is 15.7. The molecule has 1 atom stereocenters. The molecular weight excluding hydrogens is 410 g/mol. The van der Waals surface area contributed by atoms with Crippen LogP contribution in [0.25, 0.3) is 0 Å². The maximum absolute atomic E-state index is 13.2. The summed E-state index contributed by atoms with van der Waals surface area (Å²) in [5.41, 5.74) is 4.01. The third-order valence-electron chi connectivity index (χ3n) is 4.89. The van der Waals surface area contributed by atoms with E-state index in [-0.39, 0.29) is 5.91 Å². The minimum atomic E-state index is -0.418. The number of allylic oxidation sites excluding steroid dienone is 1. The summed E-state index contributed by atoms with van der Waals surface area (Å²) in [5.74, 6) is 1.14. The summed E-state index contributed by atoms with van der Waals surface area (Å²) in [6.45, 7) is 8.97. The molecule has 0 radical (unpaired) electrons. The lowest BCUT2D eigenvalue weighted by Gasteiger charge is -2.30. The molecule has 0 aromatic heterocycles. The molecule has 0 bridgehead atoms. The topological polar surface area (TPSA) is 71.6 Å². The molecule has 0 unspecified atom stereocenters. The zero-order valence-electron chi connectivity index (χ0n) is 18.4. The first kappa shape index (κ1) is 22.6. The van der Waals surface area contributed by atoms with E-state index in [2.05, 4.69) is 22.9 Å². The lowest BCUT2D eigenvalue weighted by atomic mass is 9.94. The van der Waals surface area contributed by atoms with Crippen molar-refractivity contribution in [2.45, 2.75) is 40.2 Å². The van der Waals surface area contributed by atoms with Crippen LogP contribution in [0.15, 0.2) is 53.7 Å². The number of hydrogen-bond acceptors (Lipinski definition) is 4. The van der Waals surface area contributed by atoms with Crippen molar-refractivity contribution in [3.8, 4) is 11.5 Å². The maximum atomic E-state index is 13.2. The van der Waals surface area contributed by atoms with Crippen molar-refractivity contribution in [1.82, 2.24) is 10.6 Å². The standard InChI is InChI=1S/C24H29N3O3S/c1-5-13-30-19-12-9-17(14-20(19)29-6-2)22-21(16(4)25-24(31)27-22)23(28)26-18-10-7-15(3)8-11-18/h7-12,14,22H,5-6,13H2,1-4H3,(H,26,28)(H2,25,27,31)/t22-/m1/s1. The Bertz CT molecular complexity index is 986. The van der Waals surface area contributed by atoms with Gasteiger partial charge in [-0.3, -0.25) is 4.79 Å². The van der Waals surface area contributed by atoms with Gasteiger partial charge < -0.3 is 25.4 Å². The minimum Gasteiger partial charge on any atom is -0.490 e. The van der Waals surface area contributed by atoms with Gasteiger partial charge in [0.15, 0.2) is 16.6 Å². The molecule has 0 fully saturated rings. The van der Waals surface area contributed by atoms with Gasteiger partial charge in [0.1, 0.15) is 0 Å². The molecule has 0 aliphatic carbocycles. The number of hydrogen-bond donors (Lipinski definition) is 3. The van der Waals surface area contributed by atoms with Gasteiger partial charge in [-0.25, -0.2) is 0 Å². The molecule has 3 rings (SSSR count). The van der Waals surface area contributed by atoms with Crippen LogP contribution >= 0.6 is 12.2 Å². The first-order valence-electron chi connectivity index (χ1n) is 10.5. The van der Waals surface area contributed by atoms with E-state index in [1.165, 1.54) is 0 Å². The van der Waals surface area contributed by atoms with Crippen molar-refractivity contribution in [3.63, 3.8) is 0 Å². The highest BCUT2D eigenvalue weighted by Crippen LogP contribution is 2.35. The molecule has 0 saturated heterocycles. The summed E-state index contributed by atoms with van der Waals surface area (Å²) in [4.78, 5) is 13.2. The fourth-order valence-electron chi connectivity index (χ4n) is 3.38. The van der Waals surface area contributed by atoms with Crippen LogP contribution in [0.1, 0.15) is 44.4 Å². The SMILES string of the molecule is CCCOc1ccc([C@H]2NC(=S)NC(C)=C2C(=O)Nc2ccc(C)cc2)cc1OCC. The number of carbonyl (C=O) groups excluding carboxylic acids is 1. The fraction of sp³-hybridized carbons (Fsp3) is 0.333. The van der Waals surface area contributed by atoms with Gasteiger partial charge in [0, 0.05) is 11.4 Å². The average molecular weight is 440 g/mol. The number of aryl methyl sites for hydroxylation is 1. The van der Waals surface area contributed by atoms with Crippen LogP contribution in [0.2, 0.25) is 0 Å². The van der Waals surface area contributed by atoms with Gasteiger partial charge in [-0.05, 0) is 69.2 Å². The summed E-state index contributed by atoms with van der Waals surface area (Å²) in [6, 6.07) is 13.0. The second-order valence-corrected chi connectivity index (χ2v) is 7.79. The number of carbonyl (C=O) groups is 1. The molecule has 7 heteroatoms. The summed E-state index contributed by atoms with van der Waals surface area (Å²) >= 11 is 5.37. The van der Waals surface area contributed by atoms with E-state index >= 15 is 0 Å². The van der Waals surface area contributed by atoms with Crippen molar-refractivity contribution in [1.29, 1.82) is 0 Å². The molecule has 0 spiro atoms. The Morgan fingerprint density at radius 2 is 1.81 bits per heavy atom. The smallest absolute Gasteiger partial charge is 0.255 e. The minimum absolute atomic E-state index is 0.196. The van der Waals surface area contributed by atoms with Crippen LogP contribution in [0.4, 0.5) is 5.69 Å². The lowest BCUT2D eigenvalue weighted by Crippen LogP contribution is -2.45. The van der Waals surface area contributed by atoms with E-state index in [4.69, 9.17) is 21.7 Å². The monoisotopic (exact) mass is 439 g/mol. The van der Waals surface area contributed by atoms with Gasteiger partial charge in [-0.15, -0.1) is 0 Å². The van der Waals surface area contributed by atoms with Gasteiger partial charge in [-0.2, -0.15) is 0 Å². The van der Waals surface area contributed by atoms with E-state index in [1.54, 1.807) is 0 Å². The van der Waals surface area contributed by atoms with Gasteiger partial charge in [0.05, 0.1) is 24.8 Å². The highest BCUT2D eigenvalue weighted by Gasteiger charge is 2.30. The molecule has 1 aliphatic rings. The van der Waals surface area contributed by atoms with Crippen LogP contribution < -0.4 is 25.4 Å². The number of ether oxygens (including phenoxy) is 2. The van der Waals surface area contributed by atoms with E-state index in [1.807, 2.05) is 63.2 Å². The van der Waals surface area contributed by atoms with Crippen LogP contribution in [0.3, 0.4) is 0 Å². The van der Waals surface area contributed by atoms with Crippen LogP contribution in [-0.4, -0.2) is 24.2 Å². The Kier molecular flexibility index (Phi) is 7.52. The summed E-state index contributed by atoms with van der Waals surface area (Å²) in [7, 11) is 0. The predicted octanol–water partition coefficient (Wildman–Crippen LogP) is 4.61. The van der Waals surface area contributed by atoms with Crippen LogP contribution in [0.5, 0.6) is 11.5 Å². The van der Waals surface area contributed by atoms with Crippen LogP contribution in [-0.2, 0) is 4.79 Å².